The van der Waals surface area contributed by atoms with Crippen LogP contribution in [0.15, 0.2) is 72.8 Å². The van der Waals surface area contributed by atoms with Gasteiger partial charge < -0.3 is 0 Å². The van der Waals surface area contributed by atoms with E-state index in [9.17, 15) is 0 Å². The topological polar surface area (TPSA) is 0 Å². The van der Waals surface area contributed by atoms with Gasteiger partial charge in [-0.25, -0.2) is 0 Å². The van der Waals surface area contributed by atoms with E-state index >= 15 is 0 Å². The lowest BCUT2D eigenvalue weighted by Crippen LogP contribution is -2.15. The van der Waals surface area contributed by atoms with Crippen LogP contribution in [0.5, 0.6) is 0 Å². The van der Waals surface area contributed by atoms with Gasteiger partial charge in [-0.1, -0.05) is 107 Å². The normalized spacial score (nSPS) is 11.6. The largest absolute Gasteiger partial charge is 0.136 e. The van der Waals surface area contributed by atoms with Gasteiger partial charge in [-0.15, -0.1) is 11.3 Å². The fraction of sp³-hybridized carbons (Fsp3) is 0.241. The Kier molecular flexibility index (Phi) is 7.65. The molecule has 0 aliphatic rings. The molecule has 1 heterocycles. The molecule has 0 fully saturated rings. The first-order chi connectivity index (χ1) is 14.5. The summed E-state index contributed by atoms with van der Waals surface area (Å²) in [7, 11) is 0. The molecular formula is C29H32S. The second kappa shape index (κ2) is 10.4. The summed E-state index contributed by atoms with van der Waals surface area (Å²) in [6, 6.07) is 26.2. The van der Waals surface area contributed by atoms with Gasteiger partial charge in [-0.2, -0.15) is 0 Å². The minimum Gasteiger partial charge on any atom is -0.136 e. The maximum atomic E-state index is 4.11. The number of hydrogen-bond acceptors (Lipinski definition) is 1. The quantitative estimate of drug-likeness (QED) is 0.325. The summed E-state index contributed by atoms with van der Waals surface area (Å²) in [6.45, 7) is 12.9. The molecule has 0 saturated heterocycles. The molecule has 1 aromatic heterocycles. The lowest BCUT2D eigenvalue weighted by atomic mass is 9.98. The van der Waals surface area contributed by atoms with E-state index < -0.39 is 0 Å². The molecule has 0 unspecified atom stereocenters. The van der Waals surface area contributed by atoms with Crippen LogP contribution in [0.4, 0.5) is 0 Å². The highest BCUT2D eigenvalue weighted by molar-refractivity contribution is 7.17. The van der Waals surface area contributed by atoms with Crippen LogP contribution >= 0.6 is 11.3 Å². The molecular weight excluding hydrogens is 380 g/mol. The highest BCUT2D eigenvalue weighted by Gasteiger charge is 2.01. The zero-order chi connectivity index (χ0) is 21.5. The van der Waals surface area contributed by atoms with Crippen molar-refractivity contribution in [3.05, 3.63) is 93.7 Å². The van der Waals surface area contributed by atoms with Crippen molar-refractivity contribution in [2.45, 2.75) is 46.5 Å². The second-order valence-corrected chi connectivity index (χ2v) is 8.96. The number of benzene rings is 3. The van der Waals surface area contributed by atoms with Gasteiger partial charge in [0.05, 0.1) is 0 Å². The predicted molar refractivity (Wildman–Crippen MR) is 137 cm³/mol. The molecule has 0 aliphatic heterocycles. The molecule has 1 heteroatoms. The first-order valence-corrected chi connectivity index (χ1v) is 11.7. The van der Waals surface area contributed by atoms with Crippen LogP contribution in [0.1, 0.15) is 51.2 Å². The van der Waals surface area contributed by atoms with Gasteiger partial charge in [0.15, 0.2) is 0 Å². The Hall–Kier alpha value is -2.64. The van der Waals surface area contributed by atoms with Crippen molar-refractivity contribution in [3.63, 3.8) is 0 Å². The van der Waals surface area contributed by atoms with Crippen molar-refractivity contribution in [2.24, 2.45) is 0 Å². The summed E-state index contributed by atoms with van der Waals surface area (Å²) in [5.74, 6) is 0.603. The highest BCUT2D eigenvalue weighted by atomic mass is 32.1. The van der Waals surface area contributed by atoms with E-state index in [1.54, 1.807) is 0 Å². The number of thiophene rings is 1. The van der Waals surface area contributed by atoms with Crippen LogP contribution in [0.2, 0.25) is 0 Å². The molecule has 0 aliphatic carbocycles. The van der Waals surface area contributed by atoms with Gasteiger partial charge in [0.2, 0.25) is 0 Å². The molecule has 0 saturated carbocycles. The van der Waals surface area contributed by atoms with Crippen molar-refractivity contribution < 1.29 is 0 Å². The van der Waals surface area contributed by atoms with Crippen LogP contribution in [0.25, 0.3) is 33.9 Å². The Labute approximate surface area is 185 Å². The summed E-state index contributed by atoms with van der Waals surface area (Å²) < 4.78 is 2.66. The monoisotopic (exact) mass is 412 g/mol. The highest BCUT2D eigenvalue weighted by Crippen LogP contribution is 2.23. The van der Waals surface area contributed by atoms with Crippen molar-refractivity contribution in [2.75, 3.05) is 0 Å². The van der Waals surface area contributed by atoms with Crippen molar-refractivity contribution >= 4 is 34.1 Å². The number of rotatable bonds is 4. The molecule has 0 amide bonds. The third-order valence-electron chi connectivity index (χ3n) is 5.39. The molecule has 0 nitrogen and oxygen atoms in total. The Morgan fingerprint density at radius 1 is 0.833 bits per heavy atom. The molecule has 0 atom stereocenters. The summed E-state index contributed by atoms with van der Waals surface area (Å²) in [5.41, 5.74) is 5.40. The Bertz CT molecular complexity index is 1180. The summed E-state index contributed by atoms with van der Waals surface area (Å²) >= 11 is 1.83. The maximum absolute atomic E-state index is 4.11. The summed E-state index contributed by atoms with van der Waals surface area (Å²) in [4.78, 5) is 0. The third-order valence-corrected chi connectivity index (χ3v) is 6.60. The summed E-state index contributed by atoms with van der Waals surface area (Å²) in [5, 5.41) is 2.48. The SMILES string of the molecule is C=c1/c(=C\CC)sc2ccccc12.CCc1ccc(-c2ccc(C(C)C)cc2)cc1. The van der Waals surface area contributed by atoms with E-state index in [0.717, 1.165) is 12.8 Å². The lowest BCUT2D eigenvalue weighted by Gasteiger charge is -2.07. The maximum Gasteiger partial charge on any atom is 0.0355 e. The predicted octanol–water partition coefficient (Wildman–Crippen LogP) is 7.54. The third kappa shape index (κ3) is 5.29. The van der Waals surface area contributed by atoms with E-state index in [1.807, 2.05) is 11.3 Å². The Balaban J connectivity index is 0.000000177. The Morgan fingerprint density at radius 3 is 1.97 bits per heavy atom. The van der Waals surface area contributed by atoms with Gasteiger partial charge in [-0.3, -0.25) is 0 Å². The van der Waals surface area contributed by atoms with Gasteiger partial charge in [0.25, 0.3) is 0 Å². The number of fused-ring (bicyclic) bond motifs is 1. The fourth-order valence-corrected chi connectivity index (χ4v) is 4.63. The number of hydrogen-bond donors (Lipinski definition) is 0. The van der Waals surface area contributed by atoms with E-state index in [2.05, 4.69) is 113 Å². The molecule has 154 valence electrons. The van der Waals surface area contributed by atoms with E-state index in [0.29, 0.717) is 5.92 Å². The lowest BCUT2D eigenvalue weighted by molar-refractivity contribution is 0.867. The molecule has 0 radical (unpaired) electrons. The average molecular weight is 413 g/mol. The molecule has 0 spiro atoms. The van der Waals surface area contributed by atoms with Crippen molar-refractivity contribution in [1.82, 2.24) is 0 Å². The van der Waals surface area contributed by atoms with Crippen molar-refractivity contribution in [1.29, 1.82) is 0 Å². The van der Waals surface area contributed by atoms with Crippen LogP contribution < -0.4 is 9.75 Å². The van der Waals surface area contributed by atoms with E-state index in [-0.39, 0.29) is 0 Å². The fourth-order valence-electron chi connectivity index (χ4n) is 3.46. The zero-order valence-electron chi connectivity index (χ0n) is 18.6. The van der Waals surface area contributed by atoms with Gasteiger partial charge in [0.1, 0.15) is 0 Å². The molecule has 4 aromatic rings. The second-order valence-electron chi connectivity index (χ2n) is 7.88. The van der Waals surface area contributed by atoms with Gasteiger partial charge in [-0.05, 0) is 57.7 Å². The first-order valence-electron chi connectivity index (χ1n) is 10.9. The first kappa shape index (κ1) is 22.1. The molecule has 30 heavy (non-hydrogen) atoms. The molecule has 4 rings (SSSR count). The van der Waals surface area contributed by atoms with Crippen LogP contribution in [-0.4, -0.2) is 0 Å². The van der Waals surface area contributed by atoms with Gasteiger partial charge >= 0.3 is 0 Å². The van der Waals surface area contributed by atoms with Crippen LogP contribution in [0.3, 0.4) is 0 Å². The van der Waals surface area contributed by atoms with Gasteiger partial charge in [0, 0.05) is 9.23 Å². The smallest absolute Gasteiger partial charge is 0.0355 e. The van der Waals surface area contributed by atoms with Crippen LogP contribution in [-0.2, 0) is 6.42 Å². The average Bonchev–Trinajstić information content (AvgIpc) is 3.10. The molecule has 3 aromatic carbocycles. The number of aryl methyl sites for hydroxylation is 1. The van der Waals surface area contributed by atoms with E-state index in [1.165, 1.54) is 42.1 Å². The summed E-state index contributed by atoms with van der Waals surface area (Å²) in [6.07, 6.45) is 4.43. The van der Waals surface area contributed by atoms with Crippen molar-refractivity contribution in [3.8, 4) is 11.1 Å². The molecule has 0 bridgehead atoms. The zero-order valence-corrected chi connectivity index (χ0v) is 19.4. The van der Waals surface area contributed by atoms with Crippen LogP contribution in [0, 0.1) is 0 Å². The van der Waals surface area contributed by atoms with E-state index in [4.69, 9.17) is 0 Å². The standard InChI is InChI=1S/C17H20.C12H12S/c1-4-14-5-7-16(8-6-14)17-11-9-15(10-12-17)13(2)3;1-3-6-11-9(2)10-7-4-5-8-12(10)13-11/h5-13H,4H2,1-3H3;4-8H,2-3H2,1H3/b;11-6+. The Morgan fingerprint density at radius 2 is 1.43 bits per heavy atom. The molecule has 0 N–H and O–H groups in total. The minimum atomic E-state index is 0.603. The minimum absolute atomic E-state index is 0.603.